The van der Waals surface area contributed by atoms with Gasteiger partial charge in [0, 0.05) is 30.4 Å². The van der Waals surface area contributed by atoms with E-state index in [2.05, 4.69) is 9.88 Å². The van der Waals surface area contributed by atoms with Crippen molar-refractivity contribution < 1.29 is 14.0 Å². The van der Waals surface area contributed by atoms with E-state index in [0.29, 0.717) is 15.6 Å². The number of fused-ring (bicyclic) bond motifs is 1. The van der Waals surface area contributed by atoms with Gasteiger partial charge in [0.05, 0.1) is 40.2 Å². The number of hydrogen-bond acceptors (Lipinski definition) is 5. The Hall–Kier alpha value is -1.63. The van der Waals surface area contributed by atoms with Crippen molar-refractivity contribution >= 4 is 48.2 Å². The van der Waals surface area contributed by atoms with E-state index in [9.17, 15) is 4.57 Å². The maximum absolute atomic E-state index is 11.0. The fraction of sp³-hybridized carbons (Fsp3) is 0.294. The van der Waals surface area contributed by atoms with Gasteiger partial charge in [-0.2, -0.15) is 0 Å². The second kappa shape index (κ2) is 7.78. The molecular weight excluding hydrogens is 410 g/mol. The molecule has 0 amide bonds. The van der Waals surface area contributed by atoms with E-state index in [1.165, 1.54) is 0 Å². The number of aromatic nitrogens is 3. The number of anilines is 1. The van der Waals surface area contributed by atoms with Gasteiger partial charge in [0.25, 0.3) is 0 Å². The van der Waals surface area contributed by atoms with Gasteiger partial charge in [-0.3, -0.25) is 4.57 Å². The maximum atomic E-state index is 11.0. The first-order valence-electron chi connectivity index (χ1n) is 8.44. The number of benzene rings is 1. The Morgan fingerprint density at radius 2 is 2.22 bits per heavy atom. The topological polar surface area (TPSA) is 80.5 Å². The van der Waals surface area contributed by atoms with Gasteiger partial charge in [0.1, 0.15) is 5.82 Å². The van der Waals surface area contributed by atoms with Crippen molar-refractivity contribution in [1.82, 2.24) is 14.5 Å². The molecule has 7 nitrogen and oxygen atoms in total. The zero-order valence-corrected chi connectivity index (χ0v) is 16.7. The number of pyridine rings is 1. The highest BCUT2D eigenvalue weighted by Crippen LogP contribution is 2.36. The zero-order valence-electron chi connectivity index (χ0n) is 14.2. The minimum Gasteiger partial charge on any atom is -0.351 e. The highest BCUT2D eigenvalue weighted by molar-refractivity contribution is 7.32. The normalized spacial score (nSPS) is 18.3. The molecule has 1 aromatic carbocycles. The molecule has 1 aliphatic heterocycles. The summed E-state index contributed by atoms with van der Waals surface area (Å²) in [5.74, 6) is 0.721. The molecule has 4 rings (SSSR count). The molecule has 1 fully saturated rings. The number of halogens is 2. The second-order valence-corrected chi connectivity index (χ2v) is 7.90. The smallest absolute Gasteiger partial charge is 0.316 e. The summed E-state index contributed by atoms with van der Waals surface area (Å²) < 4.78 is 17.8. The lowest BCUT2D eigenvalue weighted by Crippen LogP contribution is -2.33. The van der Waals surface area contributed by atoms with E-state index in [-0.39, 0.29) is 12.6 Å². The van der Waals surface area contributed by atoms with Crippen LogP contribution in [0.25, 0.3) is 16.6 Å². The predicted octanol–water partition coefficient (Wildman–Crippen LogP) is 4.09. The third kappa shape index (κ3) is 3.71. The summed E-state index contributed by atoms with van der Waals surface area (Å²) in [4.78, 5) is 20.0. The first-order chi connectivity index (χ1) is 13.0. The van der Waals surface area contributed by atoms with Crippen LogP contribution in [0.15, 0.2) is 36.9 Å². The molecule has 10 heteroatoms. The number of nitrogens with zero attached hydrogens (tertiary/aromatic N) is 4. The van der Waals surface area contributed by atoms with Crippen molar-refractivity contribution in [3.63, 3.8) is 0 Å². The number of hydrogen-bond donors (Lipinski definition) is 1. The highest BCUT2D eigenvalue weighted by Gasteiger charge is 2.27. The molecule has 1 unspecified atom stereocenters. The molecule has 3 heterocycles. The lowest BCUT2D eigenvalue weighted by molar-refractivity contribution is 0.261. The summed E-state index contributed by atoms with van der Waals surface area (Å²) >= 11 is 12.7. The van der Waals surface area contributed by atoms with Gasteiger partial charge in [-0.15, -0.1) is 0 Å². The molecule has 27 heavy (non-hydrogen) atoms. The van der Waals surface area contributed by atoms with Crippen molar-refractivity contribution in [2.24, 2.45) is 0 Å². The van der Waals surface area contributed by atoms with Crippen LogP contribution in [0.2, 0.25) is 10.0 Å². The van der Waals surface area contributed by atoms with Gasteiger partial charge in [-0.05, 0) is 25.0 Å². The Morgan fingerprint density at radius 3 is 2.96 bits per heavy atom. The number of imidazole rings is 1. The van der Waals surface area contributed by atoms with E-state index in [1.807, 2.05) is 22.9 Å². The molecular formula is C17H17Cl2N4O3P. The van der Waals surface area contributed by atoms with Crippen molar-refractivity contribution in [2.75, 3.05) is 18.1 Å². The quantitative estimate of drug-likeness (QED) is 0.618. The van der Waals surface area contributed by atoms with Crippen LogP contribution in [-0.4, -0.2) is 38.6 Å². The van der Waals surface area contributed by atoms with Gasteiger partial charge in [0.2, 0.25) is 0 Å². The van der Waals surface area contributed by atoms with Crippen molar-refractivity contribution in [1.29, 1.82) is 0 Å². The maximum Gasteiger partial charge on any atom is 0.316 e. The Morgan fingerprint density at radius 1 is 1.37 bits per heavy atom. The van der Waals surface area contributed by atoms with Crippen LogP contribution in [0.4, 0.5) is 5.82 Å². The summed E-state index contributed by atoms with van der Waals surface area (Å²) in [5, 5.41) is 1.69. The fourth-order valence-electron chi connectivity index (χ4n) is 3.44. The summed E-state index contributed by atoms with van der Waals surface area (Å²) in [6.07, 6.45) is 7.07. The van der Waals surface area contributed by atoms with Crippen LogP contribution in [0.3, 0.4) is 0 Å². The Balaban J connectivity index is 1.83. The average molecular weight is 427 g/mol. The minimum absolute atomic E-state index is 0.0235. The average Bonchev–Trinajstić information content (AvgIpc) is 3.34. The summed E-state index contributed by atoms with van der Waals surface area (Å²) in [6.45, 7) is 0.956. The van der Waals surface area contributed by atoms with Crippen LogP contribution in [0, 0.1) is 0 Å². The molecule has 0 aliphatic carbocycles. The highest BCUT2D eigenvalue weighted by atomic mass is 35.5. The van der Waals surface area contributed by atoms with Gasteiger partial charge < -0.3 is 18.9 Å². The molecule has 0 spiro atoms. The molecule has 0 radical (unpaired) electrons. The molecule has 1 N–H and O–H groups in total. The van der Waals surface area contributed by atoms with E-state index in [4.69, 9.17) is 37.6 Å². The van der Waals surface area contributed by atoms with E-state index >= 15 is 0 Å². The van der Waals surface area contributed by atoms with Crippen molar-refractivity contribution in [2.45, 2.75) is 18.9 Å². The SMILES string of the molecule is O=[PH](O)OC[C@@H]1CCCN1c1cc(-n2ccnc2)c2ccc(Cl)c(Cl)c2n1. The largest absolute Gasteiger partial charge is 0.351 e. The molecule has 142 valence electrons. The zero-order chi connectivity index (χ0) is 19.0. The van der Waals surface area contributed by atoms with Crippen LogP contribution in [0.5, 0.6) is 0 Å². The number of rotatable bonds is 5. The van der Waals surface area contributed by atoms with E-state index in [1.54, 1.807) is 18.6 Å². The summed E-state index contributed by atoms with van der Waals surface area (Å²) in [7, 11) is -2.96. The molecule has 3 aromatic rings. The Labute approximate surface area is 166 Å². The van der Waals surface area contributed by atoms with Crippen molar-refractivity contribution in [3.8, 4) is 5.69 Å². The standard InChI is InChI=1S/C17H17Cl2N4O3P/c18-13-4-3-12-14(22-7-5-20-10-22)8-15(21-17(12)16(13)19)23-6-1-2-11(23)9-26-27(24)25/h3-5,7-8,10-11,27H,1-2,6,9H2,(H,24,25)/t11-/m0/s1. The van der Waals surface area contributed by atoms with Crippen LogP contribution >= 0.6 is 31.5 Å². The van der Waals surface area contributed by atoms with Gasteiger partial charge in [-0.1, -0.05) is 23.2 Å². The van der Waals surface area contributed by atoms with Gasteiger partial charge in [-0.25, -0.2) is 9.97 Å². The van der Waals surface area contributed by atoms with Crippen LogP contribution in [0.1, 0.15) is 12.8 Å². The molecule has 2 atom stereocenters. The van der Waals surface area contributed by atoms with Crippen LogP contribution < -0.4 is 4.90 Å². The summed E-state index contributed by atoms with van der Waals surface area (Å²) in [5.41, 5.74) is 1.49. The van der Waals surface area contributed by atoms with E-state index in [0.717, 1.165) is 36.3 Å². The van der Waals surface area contributed by atoms with Crippen molar-refractivity contribution in [3.05, 3.63) is 47.0 Å². The first kappa shape index (κ1) is 18.7. The second-order valence-electron chi connectivity index (χ2n) is 6.29. The summed E-state index contributed by atoms with van der Waals surface area (Å²) in [6, 6.07) is 5.58. The molecule has 2 aromatic heterocycles. The third-order valence-corrected chi connectivity index (χ3v) is 5.90. The molecule has 0 saturated carbocycles. The predicted molar refractivity (Wildman–Crippen MR) is 106 cm³/mol. The molecule has 1 saturated heterocycles. The lowest BCUT2D eigenvalue weighted by Gasteiger charge is -2.26. The molecule has 0 bridgehead atoms. The lowest BCUT2D eigenvalue weighted by atomic mass is 10.1. The first-order valence-corrected chi connectivity index (χ1v) is 10.5. The third-order valence-electron chi connectivity index (χ3n) is 4.69. The van der Waals surface area contributed by atoms with Gasteiger partial charge in [0.15, 0.2) is 0 Å². The molecule has 1 aliphatic rings. The van der Waals surface area contributed by atoms with Gasteiger partial charge >= 0.3 is 8.25 Å². The van der Waals surface area contributed by atoms with Crippen LogP contribution in [-0.2, 0) is 9.09 Å². The Kier molecular flexibility index (Phi) is 5.39. The minimum atomic E-state index is -2.96. The Bertz CT molecular complexity index is 1000. The van der Waals surface area contributed by atoms with E-state index < -0.39 is 8.25 Å². The monoisotopic (exact) mass is 426 g/mol. The fourth-order valence-corrected chi connectivity index (χ4v) is 4.14.